The van der Waals surface area contributed by atoms with Crippen molar-refractivity contribution >= 4 is 11.7 Å². The highest BCUT2D eigenvalue weighted by Crippen LogP contribution is 2.30. The number of aryl methyl sites for hydroxylation is 1. The summed E-state index contributed by atoms with van der Waals surface area (Å²) in [6, 6.07) is 20.4. The molecule has 0 bridgehead atoms. The van der Waals surface area contributed by atoms with Crippen LogP contribution in [0.15, 0.2) is 60.7 Å². The number of amides is 1. The molecule has 6 nitrogen and oxygen atoms in total. The molecule has 0 N–H and O–H groups in total. The SMILES string of the molecule is CCN1CCN(c2c(CN(CC(C)C)C(=O)Cc3ccccc3)c(C)nn2-c2ccccc2)CC1. The summed E-state index contributed by atoms with van der Waals surface area (Å²) in [6.07, 6.45) is 0.421. The fourth-order valence-corrected chi connectivity index (χ4v) is 4.85. The van der Waals surface area contributed by atoms with Gasteiger partial charge >= 0.3 is 0 Å². The number of benzene rings is 2. The summed E-state index contributed by atoms with van der Waals surface area (Å²) in [4.78, 5) is 20.5. The molecule has 0 unspecified atom stereocenters. The Morgan fingerprint density at radius 1 is 0.971 bits per heavy atom. The van der Waals surface area contributed by atoms with Crippen LogP contribution >= 0.6 is 0 Å². The lowest BCUT2D eigenvalue weighted by molar-refractivity contribution is -0.131. The number of rotatable bonds is 9. The van der Waals surface area contributed by atoms with Gasteiger partial charge in [0.1, 0.15) is 5.82 Å². The van der Waals surface area contributed by atoms with Gasteiger partial charge in [0, 0.05) is 38.3 Å². The molecule has 186 valence electrons. The van der Waals surface area contributed by atoms with Crippen LogP contribution in [0.1, 0.15) is 37.6 Å². The third-order valence-corrected chi connectivity index (χ3v) is 6.76. The molecule has 0 atom stereocenters. The van der Waals surface area contributed by atoms with Crippen LogP contribution in [0.5, 0.6) is 0 Å². The van der Waals surface area contributed by atoms with E-state index < -0.39 is 0 Å². The Balaban J connectivity index is 1.68. The molecule has 35 heavy (non-hydrogen) atoms. The van der Waals surface area contributed by atoms with E-state index >= 15 is 0 Å². The fourth-order valence-electron chi connectivity index (χ4n) is 4.85. The zero-order chi connectivity index (χ0) is 24.8. The van der Waals surface area contributed by atoms with Crippen LogP contribution in [0.4, 0.5) is 5.82 Å². The standard InChI is InChI=1S/C29H39N5O/c1-5-31-16-18-32(19-17-31)29-27(24(4)30-34(29)26-14-10-7-11-15-26)22-33(21-23(2)3)28(35)20-25-12-8-6-9-13-25/h6-15,23H,5,16-22H2,1-4H3. The molecule has 4 rings (SSSR count). The van der Waals surface area contributed by atoms with Crippen LogP contribution in [0.2, 0.25) is 0 Å². The van der Waals surface area contributed by atoms with Crippen LogP contribution in [-0.4, -0.2) is 64.8 Å². The minimum absolute atomic E-state index is 0.165. The molecule has 3 aromatic rings. The summed E-state index contributed by atoms with van der Waals surface area (Å²) in [5.74, 6) is 1.68. The summed E-state index contributed by atoms with van der Waals surface area (Å²) in [6.45, 7) is 15.0. The van der Waals surface area contributed by atoms with E-state index in [0.717, 1.165) is 67.6 Å². The smallest absolute Gasteiger partial charge is 0.227 e. The molecule has 1 aliphatic rings. The van der Waals surface area contributed by atoms with Crippen molar-refractivity contribution in [1.82, 2.24) is 19.6 Å². The first-order valence-corrected chi connectivity index (χ1v) is 12.9. The molecule has 1 amide bonds. The van der Waals surface area contributed by atoms with Crippen molar-refractivity contribution in [2.75, 3.05) is 44.2 Å². The highest BCUT2D eigenvalue weighted by Gasteiger charge is 2.27. The number of hydrogen-bond donors (Lipinski definition) is 0. The molecule has 1 fully saturated rings. The number of nitrogens with zero attached hydrogens (tertiary/aromatic N) is 5. The van der Waals surface area contributed by atoms with Crippen LogP contribution in [0, 0.1) is 12.8 Å². The van der Waals surface area contributed by atoms with Crippen molar-refractivity contribution in [3.05, 3.63) is 77.5 Å². The average Bonchev–Trinajstić information content (AvgIpc) is 3.20. The first kappa shape index (κ1) is 25.0. The minimum atomic E-state index is 0.165. The summed E-state index contributed by atoms with van der Waals surface area (Å²) >= 11 is 0. The summed E-state index contributed by atoms with van der Waals surface area (Å²) in [7, 11) is 0. The van der Waals surface area contributed by atoms with E-state index in [9.17, 15) is 4.79 Å². The lowest BCUT2D eigenvalue weighted by Gasteiger charge is -2.36. The van der Waals surface area contributed by atoms with Gasteiger partial charge in [0.2, 0.25) is 5.91 Å². The monoisotopic (exact) mass is 473 g/mol. The number of aromatic nitrogens is 2. The van der Waals surface area contributed by atoms with Crippen LogP contribution in [0.25, 0.3) is 5.69 Å². The molecule has 0 spiro atoms. The van der Waals surface area contributed by atoms with E-state index in [-0.39, 0.29) is 5.91 Å². The van der Waals surface area contributed by atoms with E-state index in [0.29, 0.717) is 18.9 Å². The van der Waals surface area contributed by atoms with Gasteiger partial charge in [-0.25, -0.2) is 4.68 Å². The second-order valence-electron chi connectivity index (χ2n) is 9.89. The number of piperazine rings is 1. The molecular weight excluding hydrogens is 434 g/mol. The Labute approximate surface area is 210 Å². The highest BCUT2D eigenvalue weighted by atomic mass is 16.2. The zero-order valence-electron chi connectivity index (χ0n) is 21.7. The lowest BCUT2D eigenvalue weighted by atomic mass is 10.1. The van der Waals surface area contributed by atoms with Crippen LogP contribution in [-0.2, 0) is 17.8 Å². The Bertz CT molecular complexity index is 1090. The zero-order valence-corrected chi connectivity index (χ0v) is 21.7. The third kappa shape index (κ3) is 6.12. The Morgan fingerprint density at radius 2 is 1.60 bits per heavy atom. The van der Waals surface area contributed by atoms with Gasteiger partial charge in [0.05, 0.1) is 24.3 Å². The van der Waals surface area contributed by atoms with Gasteiger partial charge in [-0.1, -0.05) is 69.3 Å². The molecule has 0 radical (unpaired) electrons. The Kier molecular flexibility index (Phi) is 8.24. The van der Waals surface area contributed by atoms with E-state index in [4.69, 9.17) is 5.10 Å². The van der Waals surface area contributed by atoms with Crippen LogP contribution in [0.3, 0.4) is 0 Å². The molecule has 1 saturated heterocycles. The normalized spacial score (nSPS) is 14.5. The minimum Gasteiger partial charge on any atom is -0.354 e. The van der Waals surface area contributed by atoms with E-state index in [1.165, 1.54) is 0 Å². The van der Waals surface area contributed by atoms with Gasteiger partial charge in [0.25, 0.3) is 0 Å². The molecule has 1 aromatic heterocycles. The molecular formula is C29H39N5O. The summed E-state index contributed by atoms with van der Waals surface area (Å²) in [5, 5.41) is 4.99. The quantitative estimate of drug-likeness (QED) is 0.457. The average molecular weight is 474 g/mol. The van der Waals surface area contributed by atoms with Gasteiger partial charge in [-0.3, -0.25) is 4.79 Å². The first-order valence-electron chi connectivity index (χ1n) is 12.9. The van der Waals surface area contributed by atoms with Crippen LogP contribution < -0.4 is 4.90 Å². The Morgan fingerprint density at radius 3 is 2.20 bits per heavy atom. The van der Waals surface area contributed by atoms with Crippen molar-refractivity contribution < 1.29 is 4.79 Å². The highest BCUT2D eigenvalue weighted by molar-refractivity contribution is 5.79. The maximum atomic E-state index is 13.5. The first-order chi connectivity index (χ1) is 17.0. The predicted molar refractivity (Wildman–Crippen MR) is 143 cm³/mol. The Hall–Kier alpha value is -3.12. The molecule has 2 aromatic carbocycles. The van der Waals surface area contributed by atoms with Gasteiger partial charge in [-0.2, -0.15) is 5.10 Å². The van der Waals surface area contributed by atoms with Gasteiger partial charge in [0.15, 0.2) is 0 Å². The number of carbonyl (C=O) groups is 1. The maximum absolute atomic E-state index is 13.5. The van der Waals surface area contributed by atoms with Crippen molar-refractivity contribution in [1.29, 1.82) is 0 Å². The maximum Gasteiger partial charge on any atom is 0.227 e. The van der Waals surface area contributed by atoms with Crippen molar-refractivity contribution in [2.24, 2.45) is 5.92 Å². The largest absolute Gasteiger partial charge is 0.354 e. The number of anilines is 1. The van der Waals surface area contributed by atoms with Gasteiger partial charge in [-0.15, -0.1) is 0 Å². The fraction of sp³-hybridized carbons (Fsp3) is 0.448. The van der Waals surface area contributed by atoms with E-state index in [1.54, 1.807) is 0 Å². The number of carbonyl (C=O) groups excluding carboxylic acids is 1. The predicted octanol–water partition coefficient (Wildman–Crippen LogP) is 4.55. The number of hydrogen-bond acceptors (Lipinski definition) is 4. The lowest BCUT2D eigenvalue weighted by Crippen LogP contribution is -2.47. The summed E-state index contributed by atoms with van der Waals surface area (Å²) in [5.41, 5.74) is 4.25. The van der Waals surface area contributed by atoms with Gasteiger partial charge in [-0.05, 0) is 37.1 Å². The van der Waals surface area contributed by atoms with E-state index in [2.05, 4.69) is 66.4 Å². The molecule has 0 saturated carbocycles. The van der Waals surface area contributed by atoms with Crippen molar-refractivity contribution in [3.8, 4) is 5.69 Å². The van der Waals surface area contributed by atoms with Gasteiger partial charge < -0.3 is 14.7 Å². The summed E-state index contributed by atoms with van der Waals surface area (Å²) < 4.78 is 2.08. The third-order valence-electron chi connectivity index (χ3n) is 6.76. The van der Waals surface area contributed by atoms with Crippen molar-refractivity contribution in [3.63, 3.8) is 0 Å². The molecule has 1 aliphatic heterocycles. The number of para-hydroxylation sites is 1. The van der Waals surface area contributed by atoms with E-state index in [1.807, 2.05) is 41.3 Å². The second-order valence-corrected chi connectivity index (χ2v) is 9.89. The molecule has 6 heteroatoms. The molecule has 2 heterocycles. The molecule has 0 aliphatic carbocycles. The van der Waals surface area contributed by atoms with Crippen molar-refractivity contribution in [2.45, 2.75) is 40.7 Å². The topological polar surface area (TPSA) is 44.6 Å². The second kappa shape index (κ2) is 11.5. The number of likely N-dealkylation sites (N-methyl/N-ethyl adjacent to an activating group) is 1.